The van der Waals surface area contributed by atoms with Gasteiger partial charge in [-0.1, -0.05) is 24.3 Å². The van der Waals surface area contributed by atoms with E-state index in [4.69, 9.17) is 14.2 Å². The average Bonchev–Trinajstić information content (AvgIpc) is 3.41. The quantitative estimate of drug-likeness (QED) is 0.436. The van der Waals surface area contributed by atoms with Gasteiger partial charge in [0, 0.05) is 31.0 Å². The van der Waals surface area contributed by atoms with Crippen molar-refractivity contribution < 1.29 is 38.5 Å². The molecule has 2 unspecified atom stereocenters. The summed E-state index contributed by atoms with van der Waals surface area (Å²) in [5.74, 6) is -0.351. The summed E-state index contributed by atoms with van der Waals surface area (Å²) in [5.41, 5.74) is 2.19. The molecule has 2 aliphatic heterocycles. The van der Waals surface area contributed by atoms with Crippen LogP contribution in [0.3, 0.4) is 0 Å². The molecule has 2 bridgehead atoms. The van der Waals surface area contributed by atoms with Crippen LogP contribution in [0.1, 0.15) is 72.4 Å². The standard InChI is InChI=1S/C34H43N3O8/c1-5-44-30-14-23(32(41)37-25-15-27(38)16-26(37)20-43-19-25)10-11-29(30)31(40)35-17-28(39)18-36(33(42)45-34(2,3)4)24-12-21-8-6-7-9-22(21)13-24/h6-11,14,24-26,28,39H,5,12-13,15-20H2,1-4H3,(H,35,40)/t25?,26?,28-/m1/s1. The maximum Gasteiger partial charge on any atom is 0.410 e. The van der Waals surface area contributed by atoms with Gasteiger partial charge in [0.25, 0.3) is 11.8 Å². The summed E-state index contributed by atoms with van der Waals surface area (Å²) in [5, 5.41) is 13.7. The number of Topliss-reactive ketones (excluding diaryl/α,β-unsaturated/α-hetero) is 1. The van der Waals surface area contributed by atoms with E-state index in [1.54, 1.807) is 49.6 Å². The van der Waals surface area contributed by atoms with Crippen LogP contribution in [0.4, 0.5) is 4.79 Å². The number of benzene rings is 2. The number of ketones is 1. The smallest absolute Gasteiger partial charge is 0.410 e. The third-order valence-corrected chi connectivity index (χ3v) is 8.35. The summed E-state index contributed by atoms with van der Waals surface area (Å²) in [6, 6.07) is 11.9. The molecule has 1 aliphatic carbocycles. The summed E-state index contributed by atoms with van der Waals surface area (Å²) in [7, 11) is 0. The lowest BCUT2D eigenvalue weighted by atomic mass is 9.92. The number of fused-ring (bicyclic) bond motifs is 3. The van der Waals surface area contributed by atoms with Crippen molar-refractivity contribution in [2.75, 3.05) is 32.9 Å². The van der Waals surface area contributed by atoms with E-state index in [0.29, 0.717) is 31.6 Å². The first-order chi connectivity index (χ1) is 21.4. The van der Waals surface area contributed by atoms with Crippen molar-refractivity contribution in [3.63, 3.8) is 0 Å². The molecule has 45 heavy (non-hydrogen) atoms. The maximum atomic E-state index is 13.5. The Morgan fingerprint density at radius 2 is 1.69 bits per heavy atom. The maximum absolute atomic E-state index is 13.5. The Labute approximate surface area is 263 Å². The largest absolute Gasteiger partial charge is 0.493 e. The van der Waals surface area contributed by atoms with Gasteiger partial charge < -0.3 is 34.4 Å². The topological polar surface area (TPSA) is 135 Å². The van der Waals surface area contributed by atoms with E-state index in [0.717, 1.165) is 11.1 Å². The van der Waals surface area contributed by atoms with Gasteiger partial charge >= 0.3 is 6.09 Å². The van der Waals surface area contributed by atoms with Crippen LogP contribution in [0.2, 0.25) is 0 Å². The van der Waals surface area contributed by atoms with Crippen LogP contribution in [0.15, 0.2) is 42.5 Å². The van der Waals surface area contributed by atoms with Crippen molar-refractivity contribution in [2.24, 2.45) is 0 Å². The first-order valence-electron chi connectivity index (χ1n) is 15.6. The van der Waals surface area contributed by atoms with Crippen LogP contribution < -0.4 is 10.1 Å². The molecule has 242 valence electrons. The Bertz CT molecular complexity index is 1400. The molecular weight excluding hydrogens is 578 g/mol. The number of hydrogen-bond donors (Lipinski definition) is 2. The Morgan fingerprint density at radius 1 is 1.04 bits per heavy atom. The highest BCUT2D eigenvalue weighted by molar-refractivity contribution is 6.01. The van der Waals surface area contributed by atoms with Crippen molar-refractivity contribution in [1.82, 2.24) is 15.1 Å². The second kappa shape index (κ2) is 13.6. The number of ether oxygens (including phenoxy) is 3. The molecule has 0 spiro atoms. The van der Waals surface area contributed by atoms with Gasteiger partial charge in [-0.25, -0.2) is 4.79 Å². The second-order valence-corrected chi connectivity index (χ2v) is 13.0. The SMILES string of the molecule is CCOc1cc(C(=O)N2C3COCC2CC(=O)C3)ccc1C(=O)NC[C@@H](O)CN(C(=O)OC(C)(C)C)C1Cc2ccccc2C1. The summed E-state index contributed by atoms with van der Waals surface area (Å²) in [6.07, 6.45) is 0.257. The Balaban J connectivity index is 1.25. The fraction of sp³-hybridized carbons (Fsp3) is 0.529. The summed E-state index contributed by atoms with van der Waals surface area (Å²) in [4.78, 5) is 55.4. The molecule has 0 aromatic heterocycles. The van der Waals surface area contributed by atoms with E-state index in [2.05, 4.69) is 5.32 Å². The van der Waals surface area contributed by atoms with Gasteiger partial charge in [0.05, 0.1) is 50.1 Å². The Hall–Kier alpha value is -3.96. The first kappa shape index (κ1) is 32.4. The number of nitrogens with zero attached hydrogens (tertiary/aromatic N) is 2. The monoisotopic (exact) mass is 621 g/mol. The van der Waals surface area contributed by atoms with Crippen LogP contribution in [0.25, 0.3) is 0 Å². The number of nitrogens with one attached hydrogen (secondary N) is 1. The lowest BCUT2D eigenvalue weighted by Gasteiger charge is -2.45. The van der Waals surface area contributed by atoms with Crippen molar-refractivity contribution in [2.45, 2.75) is 83.2 Å². The molecule has 0 radical (unpaired) electrons. The molecule has 2 aromatic rings. The number of hydrogen-bond acceptors (Lipinski definition) is 8. The minimum Gasteiger partial charge on any atom is -0.493 e. The van der Waals surface area contributed by atoms with E-state index in [1.807, 2.05) is 24.3 Å². The normalized spacial score (nSPS) is 20.3. The minimum atomic E-state index is -1.06. The summed E-state index contributed by atoms with van der Waals surface area (Å²) in [6.45, 7) is 7.93. The summed E-state index contributed by atoms with van der Waals surface area (Å²) >= 11 is 0. The molecule has 2 N–H and O–H groups in total. The summed E-state index contributed by atoms with van der Waals surface area (Å²) < 4.78 is 17.0. The van der Waals surface area contributed by atoms with Crippen molar-refractivity contribution in [3.05, 3.63) is 64.7 Å². The zero-order valence-electron chi connectivity index (χ0n) is 26.4. The predicted molar refractivity (Wildman–Crippen MR) is 165 cm³/mol. The van der Waals surface area contributed by atoms with Crippen LogP contribution in [0.5, 0.6) is 5.75 Å². The minimum absolute atomic E-state index is 0.0238. The van der Waals surface area contributed by atoms with Gasteiger partial charge in [0.15, 0.2) is 0 Å². The van der Waals surface area contributed by atoms with Crippen molar-refractivity contribution in [3.8, 4) is 5.75 Å². The van der Waals surface area contributed by atoms with E-state index >= 15 is 0 Å². The van der Waals surface area contributed by atoms with Crippen molar-refractivity contribution >= 4 is 23.7 Å². The highest BCUT2D eigenvalue weighted by Crippen LogP contribution is 2.30. The van der Waals surface area contributed by atoms with E-state index in [9.17, 15) is 24.3 Å². The molecule has 2 aromatic carbocycles. The average molecular weight is 622 g/mol. The molecule has 2 saturated heterocycles. The third-order valence-electron chi connectivity index (χ3n) is 8.35. The van der Waals surface area contributed by atoms with Crippen LogP contribution >= 0.6 is 0 Å². The van der Waals surface area contributed by atoms with Gasteiger partial charge in [-0.15, -0.1) is 0 Å². The van der Waals surface area contributed by atoms with E-state index in [1.165, 1.54) is 6.07 Å². The molecular formula is C34H43N3O8. The highest BCUT2D eigenvalue weighted by Gasteiger charge is 2.41. The lowest BCUT2D eigenvalue weighted by Crippen LogP contribution is -2.59. The number of piperidine rings is 1. The molecule has 11 heteroatoms. The van der Waals surface area contributed by atoms with Gasteiger partial charge in [-0.05, 0) is 69.9 Å². The molecule has 2 heterocycles. The number of carbonyl (C=O) groups excluding carboxylic acids is 4. The van der Waals surface area contributed by atoms with Gasteiger partial charge in [-0.3, -0.25) is 14.4 Å². The van der Waals surface area contributed by atoms with Crippen LogP contribution in [0, 0.1) is 0 Å². The number of aliphatic hydroxyl groups excluding tert-OH is 1. The lowest BCUT2D eigenvalue weighted by molar-refractivity contribution is -0.131. The van der Waals surface area contributed by atoms with Gasteiger partial charge in [-0.2, -0.15) is 0 Å². The fourth-order valence-electron chi connectivity index (χ4n) is 6.37. The Morgan fingerprint density at radius 3 is 2.29 bits per heavy atom. The molecule has 3 amide bonds. The number of aliphatic hydroxyl groups is 1. The number of rotatable bonds is 9. The number of amides is 3. The zero-order valence-corrected chi connectivity index (χ0v) is 26.4. The van der Waals surface area contributed by atoms with E-state index in [-0.39, 0.29) is 73.7 Å². The van der Waals surface area contributed by atoms with Crippen molar-refractivity contribution in [1.29, 1.82) is 0 Å². The predicted octanol–water partition coefficient (Wildman–Crippen LogP) is 3.15. The second-order valence-electron chi connectivity index (χ2n) is 13.0. The van der Waals surface area contributed by atoms with Crippen LogP contribution in [-0.4, -0.2) is 101 Å². The van der Waals surface area contributed by atoms with E-state index < -0.39 is 23.7 Å². The zero-order chi connectivity index (χ0) is 32.3. The number of morpholine rings is 1. The Kier molecular flexibility index (Phi) is 9.79. The molecule has 3 atom stereocenters. The number of carbonyl (C=O) groups is 4. The molecule has 3 aliphatic rings. The third kappa shape index (κ3) is 7.65. The molecule has 2 fully saturated rings. The molecule has 0 saturated carbocycles. The molecule has 5 rings (SSSR count). The highest BCUT2D eigenvalue weighted by atomic mass is 16.6. The van der Waals surface area contributed by atoms with Gasteiger partial charge in [0.1, 0.15) is 17.1 Å². The van der Waals surface area contributed by atoms with Crippen LogP contribution in [-0.2, 0) is 27.1 Å². The fourth-order valence-corrected chi connectivity index (χ4v) is 6.37. The first-order valence-corrected chi connectivity index (χ1v) is 15.6. The van der Waals surface area contributed by atoms with Gasteiger partial charge in [0.2, 0.25) is 0 Å². The molecule has 11 nitrogen and oxygen atoms in total.